The number of ether oxygens (including phenoxy) is 1. The number of benzene rings is 1. The van der Waals surface area contributed by atoms with Gasteiger partial charge in [-0.2, -0.15) is 0 Å². The Balaban J connectivity index is 2.24. The number of thioether (sulfide) groups is 1. The van der Waals surface area contributed by atoms with Gasteiger partial charge < -0.3 is 4.74 Å². The fourth-order valence-corrected chi connectivity index (χ4v) is 1.85. The summed E-state index contributed by atoms with van der Waals surface area (Å²) in [5.41, 5.74) is 0.144. The molecular weight excluding hydrogens is 214 g/mol. The van der Waals surface area contributed by atoms with Crippen molar-refractivity contribution in [2.24, 2.45) is 0 Å². The van der Waals surface area contributed by atoms with E-state index in [1.54, 1.807) is 12.1 Å². The molecule has 1 aromatic rings. The van der Waals surface area contributed by atoms with E-state index in [9.17, 15) is 10.1 Å². The van der Waals surface area contributed by atoms with Gasteiger partial charge >= 0.3 is 0 Å². The third kappa shape index (κ3) is 2.41. The summed E-state index contributed by atoms with van der Waals surface area (Å²) in [5.74, 6) is 0.729. The highest BCUT2D eigenvalue weighted by Crippen LogP contribution is 2.33. The molecular formula is C10H11NO3S. The van der Waals surface area contributed by atoms with E-state index >= 15 is 0 Å². The summed E-state index contributed by atoms with van der Waals surface area (Å²) in [4.78, 5) is 11.0. The smallest absolute Gasteiger partial charge is 0.283 e. The predicted molar refractivity (Wildman–Crippen MR) is 58.5 cm³/mol. The molecule has 1 aliphatic rings. The van der Waals surface area contributed by atoms with E-state index in [1.807, 2.05) is 6.26 Å². The second kappa shape index (κ2) is 4.10. The first kappa shape index (κ1) is 10.3. The molecule has 0 atom stereocenters. The van der Waals surface area contributed by atoms with Gasteiger partial charge in [0.05, 0.1) is 15.9 Å². The van der Waals surface area contributed by atoms with Crippen LogP contribution in [0.5, 0.6) is 5.75 Å². The Labute approximate surface area is 91.8 Å². The third-order valence-corrected chi connectivity index (χ3v) is 2.94. The highest BCUT2D eigenvalue weighted by atomic mass is 32.2. The Morgan fingerprint density at radius 3 is 2.80 bits per heavy atom. The van der Waals surface area contributed by atoms with Crippen molar-refractivity contribution >= 4 is 17.4 Å². The molecule has 1 aliphatic carbocycles. The molecule has 0 aromatic heterocycles. The molecule has 0 heterocycles. The van der Waals surface area contributed by atoms with Crippen molar-refractivity contribution in [3.8, 4) is 5.75 Å². The Morgan fingerprint density at radius 1 is 1.53 bits per heavy atom. The van der Waals surface area contributed by atoms with Gasteiger partial charge in [-0.15, -0.1) is 11.8 Å². The summed E-state index contributed by atoms with van der Waals surface area (Å²) >= 11 is 1.36. The van der Waals surface area contributed by atoms with Gasteiger partial charge in [0.15, 0.2) is 0 Å². The lowest BCUT2D eigenvalue weighted by atomic mass is 10.3. The number of rotatable bonds is 4. The number of nitro benzene ring substituents is 1. The van der Waals surface area contributed by atoms with Crippen molar-refractivity contribution in [1.29, 1.82) is 0 Å². The zero-order valence-corrected chi connectivity index (χ0v) is 9.12. The van der Waals surface area contributed by atoms with Crippen LogP contribution in [0.15, 0.2) is 23.1 Å². The van der Waals surface area contributed by atoms with Crippen LogP contribution in [0.25, 0.3) is 0 Å². The van der Waals surface area contributed by atoms with Gasteiger partial charge in [-0.05, 0) is 25.2 Å². The van der Waals surface area contributed by atoms with Gasteiger partial charge in [0.2, 0.25) is 0 Å². The van der Waals surface area contributed by atoms with Crippen LogP contribution in [-0.2, 0) is 0 Å². The first-order valence-electron chi connectivity index (χ1n) is 4.70. The first-order valence-corrected chi connectivity index (χ1v) is 5.92. The van der Waals surface area contributed by atoms with Crippen molar-refractivity contribution in [1.82, 2.24) is 0 Å². The molecule has 1 aromatic carbocycles. The van der Waals surface area contributed by atoms with Crippen LogP contribution in [0, 0.1) is 10.1 Å². The van der Waals surface area contributed by atoms with Crippen LogP contribution in [0.2, 0.25) is 0 Å². The standard InChI is InChI=1S/C10H11NO3S/c1-15-10-6-8(14-7-2-3-7)4-5-9(10)11(12)13/h4-7H,2-3H2,1H3. The Morgan fingerprint density at radius 2 is 2.27 bits per heavy atom. The molecule has 2 rings (SSSR count). The molecule has 0 radical (unpaired) electrons. The van der Waals surface area contributed by atoms with Crippen molar-refractivity contribution < 1.29 is 9.66 Å². The molecule has 0 spiro atoms. The largest absolute Gasteiger partial charge is 0.490 e. The van der Waals surface area contributed by atoms with Crippen LogP contribution >= 0.6 is 11.8 Å². The molecule has 1 fully saturated rings. The van der Waals surface area contributed by atoms with Gasteiger partial charge in [-0.1, -0.05) is 0 Å². The summed E-state index contributed by atoms with van der Waals surface area (Å²) in [6.45, 7) is 0. The van der Waals surface area contributed by atoms with E-state index in [0.717, 1.165) is 18.6 Å². The van der Waals surface area contributed by atoms with Gasteiger partial charge in [-0.25, -0.2) is 0 Å². The van der Waals surface area contributed by atoms with E-state index in [1.165, 1.54) is 17.8 Å². The minimum Gasteiger partial charge on any atom is -0.490 e. The van der Waals surface area contributed by atoms with Crippen LogP contribution in [0.3, 0.4) is 0 Å². The lowest BCUT2D eigenvalue weighted by Crippen LogP contribution is -1.97. The number of hydrogen-bond donors (Lipinski definition) is 0. The Bertz CT molecular complexity index is 390. The van der Waals surface area contributed by atoms with Crippen molar-refractivity contribution in [2.45, 2.75) is 23.8 Å². The minimum atomic E-state index is -0.368. The molecule has 0 amide bonds. The van der Waals surface area contributed by atoms with Gasteiger partial charge in [0, 0.05) is 12.1 Å². The molecule has 4 nitrogen and oxygen atoms in total. The summed E-state index contributed by atoms with van der Waals surface area (Å²) in [6.07, 6.45) is 4.32. The average Bonchev–Trinajstić information content (AvgIpc) is 3.01. The normalized spacial score (nSPS) is 15.0. The number of nitro groups is 1. The van der Waals surface area contributed by atoms with Gasteiger partial charge in [0.25, 0.3) is 5.69 Å². The molecule has 0 aliphatic heterocycles. The molecule has 0 saturated heterocycles. The molecule has 80 valence electrons. The maximum Gasteiger partial charge on any atom is 0.283 e. The third-order valence-electron chi connectivity index (χ3n) is 2.18. The minimum absolute atomic E-state index is 0.144. The maximum atomic E-state index is 10.7. The average molecular weight is 225 g/mol. The van der Waals surface area contributed by atoms with E-state index < -0.39 is 0 Å². The Kier molecular flexibility index (Phi) is 2.81. The highest BCUT2D eigenvalue weighted by Gasteiger charge is 2.24. The van der Waals surface area contributed by atoms with Crippen LogP contribution < -0.4 is 4.74 Å². The first-order chi connectivity index (χ1) is 7.20. The number of nitrogens with zero attached hydrogens (tertiary/aromatic N) is 1. The molecule has 15 heavy (non-hydrogen) atoms. The highest BCUT2D eigenvalue weighted by molar-refractivity contribution is 7.98. The SMILES string of the molecule is CSc1cc(OC2CC2)ccc1[N+](=O)[O-]. The maximum absolute atomic E-state index is 10.7. The Hall–Kier alpha value is -1.23. The number of hydrogen-bond acceptors (Lipinski definition) is 4. The van der Waals surface area contributed by atoms with Gasteiger partial charge in [0.1, 0.15) is 5.75 Å². The topological polar surface area (TPSA) is 52.4 Å². The lowest BCUT2D eigenvalue weighted by molar-refractivity contribution is -0.387. The lowest BCUT2D eigenvalue weighted by Gasteiger charge is -2.05. The summed E-state index contributed by atoms with van der Waals surface area (Å²) < 4.78 is 5.57. The zero-order chi connectivity index (χ0) is 10.8. The van der Waals surface area contributed by atoms with Crippen molar-refractivity contribution in [3.63, 3.8) is 0 Å². The molecule has 0 N–H and O–H groups in total. The second-order valence-corrected chi connectivity index (χ2v) is 4.26. The quantitative estimate of drug-likeness (QED) is 0.449. The van der Waals surface area contributed by atoms with Crippen molar-refractivity contribution in [2.75, 3.05) is 6.26 Å². The van der Waals surface area contributed by atoms with E-state index in [-0.39, 0.29) is 10.6 Å². The fraction of sp³-hybridized carbons (Fsp3) is 0.400. The predicted octanol–water partition coefficient (Wildman–Crippen LogP) is 2.86. The van der Waals surface area contributed by atoms with Crippen LogP contribution in [0.4, 0.5) is 5.69 Å². The van der Waals surface area contributed by atoms with E-state index in [2.05, 4.69) is 0 Å². The zero-order valence-electron chi connectivity index (χ0n) is 8.30. The summed E-state index contributed by atoms with van der Waals surface area (Å²) in [6, 6.07) is 4.90. The monoisotopic (exact) mass is 225 g/mol. The second-order valence-electron chi connectivity index (χ2n) is 3.41. The molecule has 1 saturated carbocycles. The molecule has 0 bridgehead atoms. The summed E-state index contributed by atoms with van der Waals surface area (Å²) in [5, 5.41) is 10.7. The van der Waals surface area contributed by atoms with Crippen LogP contribution in [0.1, 0.15) is 12.8 Å². The van der Waals surface area contributed by atoms with Crippen molar-refractivity contribution in [3.05, 3.63) is 28.3 Å². The molecule has 0 unspecified atom stereocenters. The van der Waals surface area contributed by atoms with Gasteiger partial charge in [-0.3, -0.25) is 10.1 Å². The summed E-state index contributed by atoms with van der Waals surface area (Å²) in [7, 11) is 0. The van der Waals surface area contributed by atoms with E-state index in [4.69, 9.17) is 4.74 Å². The molecule has 5 heteroatoms. The fourth-order valence-electron chi connectivity index (χ4n) is 1.26. The van der Waals surface area contributed by atoms with E-state index in [0.29, 0.717) is 11.0 Å². The van der Waals surface area contributed by atoms with Crippen LogP contribution in [-0.4, -0.2) is 17.3 Å².